The van der Waals surface area contributed by atoms with Gasteiger partial charge in [-0.15, -0.1) is 0 Å². The number of esters is 2. The van der Waals surface area contributed by atoms with Gasteiger partial charge in [-0.1, -0.05) is 93.9 Å². The van der Waals surface area contributed by atoms with Gasteiger partial charge in [-0.05, 0) is 38.5 Å². The number of hydrogen-bond acceptors (Lipinski definition) is 7. The minimum Gasteiger partial charge on any atom is -0.462 e. The summed E-state index contributed by atoms with van der Waals surface area (Å²) in [5, 5.41) is 0. The number of ether oxygens (including phenoxy) is 2. The highest BCUT2D eigenvalue weighted by molar-refractivity contribution is 7.47. The third-order valence-electron chi connectivity index (χ3n) is 5.85. The number of carbonyl (C=O) groups is 2. The van der Waals surface area contributed by atoms with E-state index in [9.17, 15) is 19.0 Å². The Morgan fingerprint density at radius 1 is 0.744 bits per heavy atom. The Morgan fingerprint density at radius 2 is 1.30 bits per heavy atom. The van der Waals surface area contributed by atoms with Crippen LogP contribution in [0.2, 0.25) is 0 Å². The molecule has 2 unspecified atom stereocenters. The molecule has 0 aliphatic rings. The smallest absolute Gasteiger partial charge is 0.462 e. The fraction of sp³-hybridized carbons (Fsp3) is 0.636. The van der Waals surface area contributed by atoms with Gasteiger partial charge in [0.1, 0.15) is 19.8 Å². The topological polar surface area (TPSA) is 108 Å². The van der Waals surface area contributed by atoms with Gasteiger partial charge in [-0.2, -0.15) is 0 Å². The Kier molecular flexibility index (Phi) is 24.7. The number of allylic oxidation sites excluding steroid dienone is 9. The normalized spacial score (nSPS) is 14.8. The van der Waals surface area contributed by atoms with Gasteiger partial charge in [0.2, 0.25) is 0 Å². The molecule has 9 nitrogen and oxygen atoms in total. The van der Waals surface area contributed by atoms with Crippen LogP contribution in [0, 0.1) is 0 Å². The second-order valence-electron chi connectivity index (χ2n) is 11.1. The summed E-state index contributed by atoms with van der Waals surface area (Å²) < 4.78 is 33.6. The average Bonchev–Trinajstić information content (AvgIpc) is 2.94. The van der Waals surface area contributed by atoms with Crippen LogP contribution in [0.1, 0.15) is 84.5 Å². The third kappa shape index (κ3) is 29.6. The zero-order chi connectivity index (χ0) is 32.2. The molecule has 0 heterocycles. The Labute approximate surface area is 260 Å². The minimum absolute atomic E-state index is 0.00573. The number of rotatable bonds is 26. The van der Waals surface area contributed by atoms with Crippen LogP contribution in [0.15, 0.2) is 60.8 Å². The van der Waals surface area contributed by atoms with Crippen LogP contribution < -0.4 is 0 Å². The Hall–Kier alpha value is -2.29. The lowest BCUT2D eigenvalue weighted by molar-refractivity contribution is -0.870. The largest absolute Gasteiger partial charge is 0.472 e. The highest BCUT2D eigenvalue weighted by atomic mass is 31.2. The summed E-state index contributed by atoms with van der Waals surface area (Å²) in [6, 6.07) is 0. The predicted molar refractivity (Wildman–Crippen MR) is 173 cm³/mol. The van der Waals surface area contributed by atoms with E-state index in [4.69, 9.17) is 18.5 Å². The minimum atomic E-state index is -4.38. The molecule has 246 valence electrons. The van der Waals surface area contributed by atoms with Crippen LogP contribution in [0.5, 0.6) is 0 Å². The summed E-state index contributed by atoms with van der Waals surface area (Å²) >= 11 is 0. The molecule has 0 saturated carbocycles. The number of phosphoric ester groups is 1. The molecule has 0 aliphatic carbocycles. The molecule has 0 fully saturated rings. The fourth-order valence-electron chi connectivity index (χ4n) is 3.38. The maximum absolute atomic E-state index is 12.4. The molecule has 0 amide bonds. The van der Waals surface area contributed by atoms with E-state index in [1.165, 1.54) is 0 Å². The Bertz CT molecular complexity index is 934. The number of hydrogen-bond donors (Lipinski definition) is 1. The molecule has 1 N–H and O–H groups in total. The molecule has 0 rings (SSSR count). The van der Waals surface area contributed by atoms with Crippen molar-refractivity contribution in [1.29, 1.82) is 0 Å². The zero-order valence-electron chi connectivity index (χ0n) is 27.2. The van der Waals surface area contributed by atoms with Gasteiger partial charge in [0.05, 0.1) is 34.2 Å². The highest BCUT2D eigenvalue weighted by Gasteiger charge is 2.26. The quantitative estimate of drug-likeness (QED) is 0.0348. The van der Waals surface area contributed by atoms with Crippen LogP contribution in [0.3, 0.4) is 0 Å². The second kappa shape index (κ2) is 26.1. The summed E-state index contributed by atoms with van der Waals surface area (Å²) in [5.41, 5.74) is 0. The number of carbonyl (C=O) groups excluding carboxylic acids is 2. The lowest BCUT2D eigenvalue weighted by Gasteiger charge is -2.24. The SMILES string of the molecule is CC/C=C\C/C=C\C/C=C\C/C=C\C/C=C\CC(=O)OC(COC(=O)CCCCCC)COP(=O)(O)OCC[N+](C)(C)C. The summed E-state index contributed by atoms with van der Waals surface area (Å²) in [7, 11) is 1.40. The first-order valence-electron chi connectivity index (χ1n) is 15.5. The molecule has 0 aromatic carbocycles. The average molecular weight is 627 g/mol. The van der Waals surface area contributed by atoms with E-state index in [0.717, 1.165) is 44.9 Å². The van der Waals surface area contributed by atoms with Crippen molar-refractivity contribution in [3.63, 3.8) is 0 Å². The highest BCUT2D eigenvalue weighted by Crippen LogP contribution is 2.43. The van der Waals surface area contributed by atoms with Crippen LogP contribution in [0.4, 0.5) is 0 Å². The molecule has 0 saturated heterocycles. The van der Waals surface area contributed by atoms with Crippen molar-refractivity contribution in [1.82, 2.24) is 0 Å². The molecule has 0 aromatic rings. The van der Waals surface area contributed by atoms with Gasteiger partial charge < -0.3 is 18.9 Å². The van der Waals surface area contributed by atoms with E-state index < -0.39 is 32.5 Å². The number of nitrogens with zero attached hydrogens (tertiary/aromatic N) is 1. The van der Waals surface area contributed by atoms with E-state index in [1.807, 2.05) is 33.3 Å². The monoisotopic (exact) mass is 626 g/mol. The fourth-order valence-corrected chi connectivity index (χ4v) is 4.12. The molecule has 0 radical (unpaired) electrons. The van der Waals surface area contributed by atoms with Crippen molar-refractivity contribution in [2.24, 2.45) is 0 Å². The van der Waals surface area contributed by atoms with Gasteiger partial charge in [-0.25, -0.2) is 4.57 Å². The van der Waals surface area contributed by atoms with E-state index in [0.29, 0.717) is 23.9 Å². The van der Waals surface area contributed by atoms with Crippen LogP contribution >= 0.6 is 7.82 Å². The molecular weight excluding hydrogens is 569 g/mol. The second-order valence-corrected chi connectivity index (χ2v) is 12.6. The predicted octanol–water partition coefficient (Wildman–Crippen LogP) is 7.39. The van der Waals surface area contributed by atoms with E-state index in [-0.39, 0.29) is 26.1 Å². The van der Waals surface area contributed by atoms with Crippen LogP contribution in [-0.4, -0.2) is 74.9 Å². The van der Waals surface area contributed by atoms with Crippen LogP contribution in [0.25, 0.3) is 0 Å². The van der Waals surface area contributed by atoms with Crippen molar-refractivity contribution < 1.29 is 42.1 Å². The number of unbranched alkanes of at least 4 members (excludes halogenated alkanes) is 3. The van der Waals surface area contributed by atoms with Crippen molar-refractivity contribution in [2.45, 2.75) is 90.6 Å². The summed E-state index contributed by atoms with van der Waals surface area (Å²) in [5.74, 6) is -0.978. The van der Waals surface area contributed by atoms with Gasteiger partial charge in [0.15, 0.2) is 6.10 Å². The molecule has 0 bridgehead atoms. The maximum Gasteiger partial charge on any atom is 0.472 e. The van der Waals surface area contributed by atoms with Gasteiger partial charge in [0, 0.05) is 6.42 Å². The number of phosphoric acid groups is 1. The Balaban J connectivity index is 4.63. The lowest BCUT2D eigenvalue weighted by atomic mass is 10.2. The summed E-state index contributed by atoms with van der Waals surface area (Å²) in [6.45, 7) is 4.00. The van der Waals surface area contributed by atoms with Gasteiger partial charge >= 0.3 is 19.8 Å². The molecule has 0 aliphatic heterocycles. The molecule has 10 heteroatoms. The molecule has 2 atom stereocenters. The van der Waals surface area contributed by atoms with Crippen molar-refractivity contribution in [2.75, 3.05) is 47.5 Å². The van der Waals surface area contributed by atoms with Crippen molar-refractivity contribution >= 4 is 19.8 Å². The number of quaternary nitrogens is 1. The lowest BCUT2D eigenvalue weighted by Crippen LogP contribution is -2.37. The standard InChI is InChI=1S/C33H56NO8P/c1-6-8-10-12-13-14-15-16-17-18-19-20-21-22-24-26-33(36)42-31(29-39-32(35)25-23-11-9-7-2)30-41-43(37,38)40-28-27-34(3,4)5/h8,10,13-14,16-17,19-20,22,24,31H,6-7,9,11-12,15,18,21,23,25-30H2,1-5H3/p+1/b10-8-,14-13-,17-16-,20-19-,24-22-. The van der Waals surface area contributed by atoms with Gasteiger partial charge in [-0.3, -0.25) is 18.6 Å². The van der Waals surface area contributed by atoms with E-state index >= 15 is 0 Å². The first-order valence-corrected chi connectivity index (χ1v) is 17.0. The first kappa shape index (κ1) is 40.7. The zero-order valence-corrected chi connectivity index (χ0v) is 28.1. The van der Waals surface area contributed by atoms with Crippen molar-refractivity contribution in [3.8, 4) is 0 Å². The van der Waals surface area contributed by atoms with E-state index in [1.54, 1.807) is 6.08 Å². The van der Waals surface area contributed by atoms with E-state index in [2.05, 4.69) is 56.4 Å². The summed E-state index contributed by atoms with van der Waals surface area (Å²) in [6.07, 6.45) is 27.9. The molecule has 43 heavy (non-hydrogen) atoms. The first-order chi connectivity index (χ1) is 20.5. The Morgan fingerprint density at radius 3 is 1.84 bits per heavy atom. The third-order valence-corrected chi connectivity index (χ3v) is 6.83. The van der Waals surface area contributed by atoms with Gasteiger partial charge in [0.25, 0.3) is 0 Å². The van der Waals surface area contributed by atoms with Crippen molar-refractivity contribution in [3.05, 3.63) is 60.8 Å². The van der Waals surface area contributed by atoms with Crippen LogP contribution in [-0.2, 0) is 32.7 Å². The summed E-state index contributed by atoms with van der Waals surface area (Å²) in [4.78, 5) is 34.5. The molecule has 0 aromatic heterocycles. The molecule has 0 spiro atoms. The molecular formula is C33H57NO8P+. The number of likely N-dealkylation sites (N-methyl/N-ethyl adjacent to an activating group) is 1. The maximum atomic E-state index is 12.4.